The minimum absolute atomic E-state index is 0.0131. The molecule has 0 atom stereocenters. The van der Waals surface area contributed by atoms with Crippen molar-refractivity contribution in [2.24, 2.45) is 0 Å². The highest BCUT2D eigenvalue weighted by Gasteiger charge is 2.16. The first-order valence-corrected chi connectivity index (χ1v) is 6.84. The molecule has 0 heterocycles. The first-order chi connectivity index (χ1) is 9.13. The highest BCUT2D eigenvalue weighted by Crippen LogP contribution is 2.33. The number of methoxy groups -OCH3 is 1. The zero-order valence-electron chi connectivity index (χ0n) is 10.4. The van der Waals surface area contributed by atoms with E-state index in [1.165, 1.54) is 7.11 Å². The molecule has 0 saturated carbocycles. The highest BCUT2D eigenvalue weighted by molar-refractivity contribution is 14.1. The first kappa shape index (κ1) is 13.9. The highest BCUT2D eigenvalue weighted by atomic mass is 127. The normalized spacial score (nSPS) is 10.2. The smallest absolute Gasteiger partial charge is 0.170 e. The summed E-state index contributed by atoms with van der Waals surface area (Å²) in [5.41, 5.74) is 1.26. The van der Waals surface area contributed by atoms with E-state index in [-0.39, 0.29) is 18.0 Å². The van der Waals surface area contributed by atoms with Crippen molar-refractivity contribution in [3.63, 3.8) is 0 Å². The minimum Gasteiger partial charge on any atom is -0.506 e. The van der Waals surface area contributed by atoms with E-state index in [0.29, 0.717) is 14.9 Å². The van der Waals surface area contributed by atoms with Gasteiger partial charge in [-0.2, -0.15) is 0 Å². The molecular weight excluding hydrogens is 355 g/mol. The van der Waals surface area contributed by atoms with Gasteiger partial charge in [0.05, 0.1) is 16.2 Å². The lowest BCUT2D eigenvalue weighted by atomic mass is 10.0. The van der Waals surface area contributed by atoms with Crippen LogP contribution >= 0.6 is 22.6 Å². The summed E-state index contributed by atoms with van der Waals surface area (Å²) in [5, 5.41) is 10.0. The Morgan fingerprint density at radius 1 is 1.21 bits per heavy atom. The Balaban J connectivity index is 2.27. The summed E-state index contributed by atoms with van der Waals surface area (Å²) in [6.45, 7) is 0. The Morgan fingerprint density at radius 3 is 2.53 bits per heavy atom. The van der Waals surface area contributed by atoms with Crippen LogP contribution in [0.15, 0.2) is 42.5 Å². The molecule has 4 heteroatoms. The molecule has 0 aliphatic carbocycles. The lowest BCUT2D eigenvalue weighted by Crippen LogP contribution is -2.05. The number of ketones is 1. The largest absolute Gasteiger partial charge is 0.506 e. The van der Waals surface area contributed by atoms with Gasteiger partial charge in [-0.25, -0.2) is 0 Å². The van der Waals surface area contributed by atoms with E-state index in [1.807, 2.05) is 52.9 Å². The number of Topliss-reactive ketones (excluding diaryl/α,β-unsaturated/α-hetero) is 1. The number of hydrogen-bond donors (Lipinski definition) is 1. The Hall–Kier alpha value is -1.56. The number of ether oxygens (including phenoxy) is 1. The molecule has 1 N–H and O–H groups in total. The Morgan fingerprint density at radius 2 is 1.89 bits per heavy atom. The lowest BCUT2D eigenvalue weighted by Gasteiger charge is -2.09. The van der Waals surface area contributed by atoms with Crippen LogP contribution in [0, 0.1) is 3.57 Å². The quantitative estimate of drug-likeness (QED) is 0.665. The van der Waals surface area contributed by atoms with Gasteiger partial charge in [0.2, 0.25) is 0 Å². The van der Waals surface area contributed by atoms with Crippen molar-refractivity contribution < 1.29 is 14.6 Å². The fourth-order valence-corrected chi connectivity index (χ4v) is 2.50. The van der Waals surface area contributed by atoms with Crippen LogP contribution in [0.4, 0.5) is 0 Å². The van der Waals surface area contributed by atoms with E-state index in [4.69, 9.17) is 4.74 Å². The maximum Gasteiger partial charge on any atom is 0.170 e. The average Bonchev–Trinajstić information content (AvgIpc) is 2.42. The van der Waals surface area contributed by atoms with Crippen LogP contribution in [0.3, 0.4) is 0 Å². The van der Waals surface area contributed by atoms with Gasteiger partial charge in [-0.3, -0.25) is 4.79 Å². The summed E-state index contributed by atoms with van der Waals surface area (Å²) in [5.74, 6) is 0.444. The Bertz CT molecular complexity index is 594. The lowest BCUT2D eigenvalue weighted by molar-refractivity contribution is 0.0990. The van der Waals surface area contributed by atoms with Crippen molar-refractivity contribution in [3.8, 4) is 11.5 Å². The predicted octanol–water partition coefficient (Wildman–Crippen LogP) is 3.43. The summed E-state index contributed by atoms with van der Waals surface area (Å²) in [4.78, 5) is 12.2. The number of hydrogen-bond acceptors (Lipinski definition) is 3. The predicted molar refractivity (Wildman–Crippen MR) is 81.9 cm³/mol. The van der Waals surface area contributed by atoms with E-state index in [2.05, 4.69) is 0 Å². The minimum atomic E-state index is -0.107. The van der Waals surface area contributed by atoms with E-state index in [9.17, 15) is 9.90 Å². The third-order valence-electron chi connectivity index (χ3n) is 2.81. The number of aromatic hydroxyl groups is 1. The van der Waals surface area contributed by atoms with Crippen LogP contribution in [0.1, 0.15) is 15.9 Å². The molecule has 0 amide bonds. The second kappa shape index (κ2) is 6.06. The topological polar surface area (TPSA) is 46.5 Å². The number of rotatable bonds is 4. The first-order valence-electron chi connectivity index (χ1n) is 5.76. The van der Waals surface area contributed by atoms with Gasteiger partial charge in [0.25, 0.3) is 0 Å². The SMILES string of the molecule is COc1ccc(C(=O)Cc2ccccc2)c(O)c1I. The number of benzene rings is 2. The van der Waals surface area contributed by atoms with Crippen molar-refractivity contribution in [2.75, 3.05) is 7.11 Å². The molecular formula is C15H13IO3. The van der Waals surface area contributed by atoms with Crippen LogP contribution in [-0.4, -0.2) is 18.0 Å². The van der Waals surface area contributed by atoms with E-state index in [1.54, 1.807) is 12.1 Å². The number of phenolic OH excluding ortho intramolecular Hbond substituents is 1. The molecule has 2 aromatic rings. The maximum absolute atomic E-state index is 12.2. The van der Waals surface area contributed by atoms with Gasteiger partial charge in [0.15, 0.2) is 5.78 Å². The van der Waals surface area contributed by atoms with Gasteiger partial charge in [-0.15, -0.1) is 0 Å². The average molecular weight is 368 g/mol. The third-order valence-corrected chi connectivity index (χ3v) is 3.85. The van der Waals surface area contributed by atoms with Crippen molar-refractivity contribution in [2.45, 2.75) is 6.42 Å². The molecule has 0 bridgehead atoms. The Labute approximate surface area is 125 Å². The molecule has 0 aliphatic rings. The summed E-state index contributed by atoms with van der Waals surface area (Å²) >= 11 is 1.97. The molecule has 0 aliphatic heterocycles. The van der Waals surface area contributed by atoms with Gasteiger partial charge in [0, 0.05) is 6.42 Å². The van der Waals surface area contributed by atoms with Gasteiger partial charge in [-0.1, -0.05) is 30.3 Å². The van der Waals surface area contributed by atoms with Gasteiger partial charge in [0.1, 0.15) is 11.5 Å². The number of phenols is 1. The van der Waals surface area contributed by atoms with Crippen LogP contribution in [-0.2, 0) is 6.42 Å². The second-order valence-electron chi connectivity index (χ2n) is 4.06. The molecule has 2 rings (SSSR count). The van der Waals surface area contributed by atoms with Crippen LogP contribution in [0.2, 0.25) is 0 Å². The van der Waals surface area contributed by atoms with Crippen LogP contribution < -0.4 is 4.74 Å². The number of carbonyl (C=O) groups excluding carboxylic acids is 1. The zero-order chi connectivity index (χ0) is 13.8. The molecule has 3 nitrogen and oxygen atoms in total. The summed E-state index contributed by atoms with van der Waals surface area (Å²) < 4.78 is 5.65. The van der Waals surface area contributed by atoms with E-state index in [0.717, 1.165) is 5.56 Å². The third kappa shape index (κ3) is 3.07. The summed E-state index contributed by atoms with van der Waals surface area (Å²) in [6.07, 6.45) is 0.275. The van der Waals surface area contributed by atoms with Crippen molar-refractivity contribution in [1.82, 2.24) is 0 Å². The van der Waals surface area contributed by atoms with Crippen LogP contribution in [0.25, 0.3) is 0 Å². The standard InChI is InChI=1S/C15H13IO3/c1-19-13-8-7-11(15(18)14(13)16)12(17)9-10-5-3-2-4-6-10/h2-8,18H,9H2,1H3. The molecule has 0 unspecified atom stereocenters. The van der Waals surface area contributed by atoms with Crippen molar-refractivity contribution in [3.05, 3.63) is 57.2 Å². The molecule has 19 heavy (non-hydrogen) atoms. The molecule has 98 valence electrons. The van der Waals surface area contributed by atoms with E-state index >= 15 is 0 Å². The molecule has 0 fully saturated rings. The fraction of sp³-hybridized carbons (Fsp3) is 0.133. The van der Waals surface area contributed by atoms with Crippen molar-refractivity contribution in [1.29, 1.82) is 0 Å². The molecule has 0 radical (unpaired) electrons. The monoisotopic (exact) mass is 368 g/mol. The molecule has 0 aromatic heterocycles. The maximum atomic E-state index is 12.2. The summed E-state index contributed by atoms with van der Waals surface area (Å²) in [7, 11) is 1.53. The number of halogens is 1. The van der Waals surface area contributed by atoms with E-state index < -0.39 is 0 Å². The fourth-order valence-electron chi connectivity index (χ4n) is 1.81. The van der Waals surface area contributed by atoms with Gasteiger partial charge in [-0.05, 0) is 40.3 Å². The molecule has 0 spiro atoms. The van der Waals surface area contributed by atoms with Gasteiger partial charge < -0.3 is 9.84 Å². The second-order valence-corrected chi connectivity index (χ2v) is 5.14. The Kier molecular flexibility index (Phi) is 4.42. The number of carbonyl (C=O) groups is 1. The van der Waals surface area contributed by atoms with Gasteiger partial charge >= 0.3 is 0 Å². The van der Waals surface area contributed by atoms with Crippen molar-refractivity contribution >= 4 is 28.4 Å². The zero-order valence-corrected chi connectivity index (χ0v) is 12.5. The molecule has 0 saturated heterocycles. The van der Waals surface area contributed by atoms with Crippen LogP contribution in [0.5, 0.6) is 11.5 Å². The molecule has 2 aromatic carbocycles. The summed E-state index contributed by atoms with van der Waals surface area (Å²) in [6, 6.07) is 12.8.